The van der Waals surface area contributed by atoms with Crippen molar-refractivity contribution in [2.75, 3.05) is 11.4 Å². The van der Waals surface area contributed by atoms with Crippen molar-refractivity contribution in [3.63, 3.8) is 0 Å². The number of hydrogen-bond donors (Lipinski definition) is 1. The molecule has 0 radical (unpaired) electrons. The highest BCUT2D eigenvalue weighted by atomic mass is 79.9. The zero-order valence-electron chi connectivity index (χ0n) is 13.9. The predicted octanol–water partition coefficient (Wildman–Crippen LogP) is 3.45. The van der Waals surface area contributed by atoms with Crippen molar-refractivity contribution in [1.82, 2.24) is 4.98 Å². The van der Waals surface area contributed by atoms with Gasteiger partial charge >= 0.3 is 0 Å². The number of carbonyl (C=O) groups excluding carboxylic acids is 2. The Bertz CT molecular complexity index is 810. The van der Waals surface area contributed by atoms with Gasteiger partial charge in [0.25, 0.3) is 5.91 Å². The molecule has 0 aliphatic carbocycles. The number of nitrogens with zero attached hydrogens (tertiary/aromatic N) is 2. The van der Waals surface area contributed by atoms with Gasteiger partial charge in [0.1, 0.15) is 0 Å². The molecule has 1 aliphatic heterocycles. The van der Waals surface area contributed by atoms with Crippen molar-refractivity contribution in [2.24, 2.45) is 0 Å². The second-order valence-electron chi connectivity index (χ2n) is 6.17. The number of ketones is 1. The first-order valence-electron chi connectivity index (χ1n) is 8.25. The van der Waals surface area contributed by atoms with Crippen LogP contribution in [0.15, 0.2) is 47.2 Å². The summed E-state index contributed by atoms with van der Waals surface area (Å²) in [5, 5.41) is 11.2. The first kappa shape index (κ1) is 17.8. The van der Waals surface area contributed by atoms with Crippen molar-refractivity contribution in [3.05, 3.63) is 58.3 Å². The van der Waals surface area contributed by atoms with Gasteiger partial charge in [0, 0.05) is 34.5 Å². The van der Waals surface area contributed by atoms with Gasteiger partial charge in [-0.25, -0.2) is 0 Å². The van der Waals surface area contributed by atoms with Gasteiger partial charge in [0.15, 0.2) is 11.4 Å². The van der Waals surface area contributed by atoms with Crippen LogP contribution in [0.5, 0.6) is 0 Å². The number of anilines is 1. The molecule has 1 atom stereocenters. The van der Waals surface area contributed by atoms with E-state index in [2.05, 4.69) is 20.9 Å². The van der Waals surface area contributed by atoms with Crippen LogP contribution in [0.25, 0.3) is 0 Å². The number of pyridine rings is 1. The number of carbonyl (C=O) groups is 2. The van der Waals surface area contributed by atoms with Crippen molar-refractivity contribution in [2.45, 2.75) is 31.8 Å². The van der Waals surface area contributed by atoms with Crippen molar-refractivity contribution in [3.8, 4) is 0 Å². The van der Waals surface area contributed by atoms with Gasteiger partial charge < -0.3 is 10.0 Å². The number of aliphatic hydroxyl groups is 1. The minimum atomic E-state index is -1.85. The fourth-order valence-electron chi connectivity index (χ4n) is 3.09. The van der Waals surface area contributed by atoms with E-state index < -0.39 is 11.5 Å². The fourth-order valence-corrected chi connectivity index (χ4v) is 3.46. The minimum absolute atomic E-state index is 0.302. The zero-order chi connectivity index (χ0) is 18.0. The maximum absolute atomic E-state index is 13.0. The van der Waals surface area contributed by atoms with Gasteiger partial charge in [-0.2, -0.15) is 0 Å². The molecule has 1 aromatic carbocycles. The molecule has 1 aliphatic rings. The summed E-state index contributed by atoms with van der Waals surface area (Å²) in [6.45, 7) is 2.56. The second-order valence-corrected chi connectivity index (χ2v) is 7.09. The molecule has 1 N–H and O–H groups in total. The molecule has 0 fully saturated rings. The first-order chi connectivity index (χ1) is 12.0. The lowest BCUT2D eigenvalue weighted by Gasteiger charge is -2.22. The average molecular weight is 403 g/mol. The lowest BCUT2D eigenvalue weighted by atomic mass is 9.88. The van der Waals surface area contributed by atoms with E-state index in [1.807, 2.05) is 13.0 Å². The van der Waals surface area contributed by atoms with Crippen LogP contribution in [0.3, 0.4) is 0 Å². The quantitative estimate of drug-likeness (QED) is 0.751. The summed E-state index contributed by atoms with van der Waals surface area (Å²) in [5.41, 5.74) is -0.324. The first-order valence-corrected chi connectivity index (χ1v) is 9.04. The van der Waals surface area contributed by atoms with E-state index in [4.69, 9.17) is 0 Å². The topological polar surface area (TPSA) is 70.5 Å². The molecule has 5 nitrogen and oxygen atoms in total. The number of amides is 1. The maximum Gasteiger partial charge on any atom is 0.264 e. The Hall–Kier alpha value is -2.05. The van der Waals surface area contributed by atoms with Crippen LogP contribution in [-0.2, 0) is 10.4 Å². The van der Waals surface area contributed by atoms with Crippen LogP contribution in [0, 0.1) is 0 Å². The van der Waals surface area contributed by atoms with Gasteiger partial charge in [-0.05, 0) is 36.8 Å². The summed E-state index contributed by atoms with van der Waals surface area (Å²) in [7, 11) is 0. The molecule has 1 aromatic heterocycles. The van der Waals surface area contributed by atoms with E-state index in [9.17, 15) is 14.7 Å². The molecule has 0 saturated heterocycles. The molecular weight excluding hydrogens is 384 g/mol. The molecule has 0 unspecified atom stereocenters. The summed E-state index contributed by atoms with van der Waals surface area (Å²) in [4.78, 5) is 31.1. The summed E-state index contributed by atoms with van der Waals surface area (Å²) >= 11 is 3.38. The van der Waals surface area contributed by atoms with E-state index in [0.717, 1.165) is 17.3 Å². The number of rotatable bonds is 6. The summed E-state index contributed by atoms with van der Waals surface area (Å²) < 4.78 is 0.753. The fraction of sp³-hybridized carbons (Fsp3) is 0.316. The number of fused-ring (bicyclic) bond motifs is 1. The third kappa shape index (κ3) is 3.24. The van der Waals surface area contributed by atoms with Gasteiger partial charge in [-0.15, -0.1) is 0 Å². The lowest BCUT2D eigenvalue weighted by Crippen LogP contribution is -2.42. The number of hydrogen-bond acceptors (Lipinski definition) is 4. The van der Waals surface area contributed by atoms with Crippen LogP contribution < -0.4 is 4.90 Å². The second kappa shape index (κ2) is 7.06. The molecular formula is C19H19BrN2O3. The number of Topliss-reactive ketones (excluding diaryl/α,β-unsaturated/α-hetero) is 1. The van der Waals surface area contributed by atoms with Crippen LogP contribution in [0.1, 0.15) is 42.1 Å². The van der Waals surface area contributed by atoms with Gasteiger partial charge in [0.2, 0.25) is 0 Å². The van der Waals surface area contributed by atoms with E-state index in [1.165, 1.54) is 6.20 Å². The molecule has 0 bridgehead atoms. The number of aromatic nitrogens is 1. The molecule has 1 amide bonds. The van der Waals surface area contributed by atoms with Crippen LogP contribution in [-0.4, -0.2) is 28.3 Å². The third-order valence-electron chi connectivity index (χ3n) is 4.43. The van der Waals surface area contributed by atoms with E-state index in [1.54, 1.807) is 35.4 Å². The third-order valence-corrected chi connectivity index (χ3v) is 4.92. The van der Waals surface area contributed by atoms with E-state index in [-0.39, 0.29) is 12.2 Å². The zero-order valence-corrected chi connectivity index (χ0v) is 15.5. The predicted molar refractivity (Wildman–Crippen MR) is 98.5 cm³/mol. The molecule has 0 saturated carbocycles. The van der Waals surface area contributed by atoms with Crippen molar-refractivity contribution in [1.29, 1.82) is 0 Å². The Kier molecular flexibility index (Phi) is 5.01. The number of halogens is 1. The molecule has 0 spiro atoms. The standard InChI is InChI=1S/C19H19BrN2O3/c1-2-3-9-22-16-7-6-14(20)10-15(16)19(25,18(22)24)11-17(23)13-5-4-8-21-12-13/h4-8,10,12,25H,2-3,9,11H2,1H3/t19-/m0/s1. The largest absolute Gasteiger partial charge is 0.375 e. The summed E-state index contributed by atoms with van der Waals surface area (Å²) in [6.07, 6.45) is 4.48. The summed E-state index contributed by atoms with van der Waals surface area (Å²) in [6, 6.07) is 8.65. The minimum Gasteiger partial charge on any atom is -0.375 e. The number of benzene rings is 1. The number of unbranched alkanes of at least 4 members (excludes halogenated alkanes) is 1. The van der Waals surface area contributed by atoms with Gasteiger partial charge in [0.05, 0.1) is 12.1 Å². The van der Waals surface area contributed by atoms with Crippen LogP contribution in [0.4, 0.5) is 5.69 Å². The highest BCUT2D eigenvalue weighted by Crippen LogP contribution is 2.44. The van der Waals surface area contributed by atoms with Crippen molar-refractivity contribution >= 4 is 33.3 Å². The van der Waals surface area contributed by atoms with Gasteiger partial charge in [-0.1, -0.05) is 29.3 Å². The molecule has 25 heavy (non-hydrogen) atoms. The summed E-state index contributed by atoms with van der Waals surface area (Å²) in [5.74, 6) is -0.751. The van der Waals surface area contributed by atoms with E-state index in [0.29, 0.717) is 23.4 Å². The normalized spacial score (nSPS) is 19.2. The Morgan fingerprint density at radius 3 is 2.84 bits per heavy atom. The highest BCUT2D eigenvalue weighted by molar-refractivity contribution is 9.10. The Morgan fingerprint density at radius 2 is 2.16 bits per heavy atom. The molecule has 6 heteroatoms. The Balaban J connectivity index is 1.98. The smallest absolute Gasteiger partial charge is 0.264 e. The van der Waals surface area contributed by atoms with Crippen LogP contribution >= 0.6 is 15.9 Å². The van der Waals surface area contributed by atoms with Crippen LogP contribution in [0.2, 0.25) is 0 Å². The average Bonchev–Trinajstić information content (AvgIpc) is 2.81. The monoisotopic (exact) mass is 402 g/mol. The Morgan fingerprint density at radius 1 is 1.36 bits per heavy atom. The SMILES string of the molecule is CCCCN1C(=O)[C@](O)(CC(=O)c2cccnc2)c2cc(Br)ccc21. The van der Waals surface area contributed by atoms with Crippen molar-refractivity contribution < 1.29 is 14.7 Å². The molecule has 130 valence electrons. The maximum atomic E-state index is 13.0. The lowest BCUT2D eigenvalue weighted by molar-refractivity contribution is -0.135. The molecule has 2 heterocycles. The van der Waals surface area contributed by atoms with Gasteiger partial charge in [-0.3, -0.25) is 14.6 Å². The molecule has 2 aromatic rings. The Labute approximate surface area is 154 Å². The van der Waals surface area contributed by atoms with E-state index >= 15 is 0 Å². The molecule has 3 rings (SSSR count). The highest BCUT2D eigenvalue weighted by Gasteiger charge is 2.50.